The number of nitrogens with zero attached hydrogens (tertiary/aromatic N) is 5. The van der Waals surface area contributed by atoms with Crippen LogP contribution in [0.3, 0.4) is 0 Å². The number of benzene rings is 1. The minimum absolute atomic E-state index is 0.00238. The van der Waals surface area contributed by atoms with Crippen molar-refractivity contribution in [2.75, 3.05) is 25.0 Å². The second-order valence-corrected chi connectivity index (χ2v) is 8.70. The van der Waals surface area contributed by atoms with E-state index in [9.17, 15) is 39.5 Å². The second kappa shape index (κ2) is 10.7. The van der Waals surface area contributed by atoms with Gasteiger partial charge in [0.2, 0.25) is 5.96 Å². The van der Waals surface area contributed by atoms with Gasteiger partial charge >= 0.3 is 18.5 Å². The average Bonchev–Trinajstić information content (AvgIpc) is 3.31. The van der Waals surface area contributed by atoms with Crippen molar-refractivity contribution >= 4 is 11.8 Å². The predicted molar refractivity (Wildman–Crippen MR) is 120 cm³/mol. The molecule has 0 saturated carbocycles. The van der Waals surface area contributed by atoms with Crippen LogP contribution in [0.25, 0.3) is 0 Å². The Morgan fingerprint density at radius 3 is 1.87 bits per heavy atom. The lowest BCUT2D eigenvalue weighted by atomic mass is 10.0. The molecule has 0 unspecified atom stereocenters. The molecule has 2 heterocycles. The van der Waals surface area contributed by atoms with Gasteiger partial charge in [0.25, 0.3) is 0 Å². The Kier molecular flexibility index (Phi) is 8.24. The number of hydrazine groups is 1. The molecule has 38 heavy (non-hydrogen) atoms. The zero-order chi connectivity index (χ0) is 28.5. The molecule has 0 bridgehead atoms. The van der Waals surface area contributed by atoms with Crippen molar-refractivity contribution in [2.24, 2.45) is 16.7 Å². The molecule has 7 nitrogen and oxygen atoms in total. The van der Waals surface area contributed by atoms with Crippen LogP contribution in [0.1, 0.15) is 40.7 Å². The zero-order valence-corrected chi connectivity index (χ0v) is 19.9. The summed E-state index contributed by atoms with van der Waals surface area (Å²) < 4.78 is 121. The summed E-state index contributed by atoms with van der Waals surface area (Å²) in [5.74, 6) is 5.20. The van der Waals surface area contributed by atoms with Gasteiger partial charge < -0.3 is 15.5 Å². The number of guanidine groups is 1. The lowest BCUT2D eigenvalue weighted by Gasteiger charge is -2.28. The zero-order valence-electron chi connectivity index (χ0n) is 19.9. The molecule has 1 saturated heterocycles. The number of pyridine rings is 1. The van der Waals surface area contributed by atoms with Gasteiger partial charge in [-0.2, -0.15) is 39.5 Å². The van der Waals surface area contributed by atoms with E-state index in [0.717, 1.165) is 28.9 Å². The fraction of sp³-hybridized carbons (Fsp3) is 0.455. The molecule has 1 aromatic heterocycles. The van der Waals surface area contributed by atoms with Crippen molar-refractivity contribution in [3.63, 3.8) is 0 Å². The first-order chi connectivity index (χ1) is 17.4. The highest BCUT2D eigenvalue weighted by Crippen LogP contribution is 2.37. The molecule has 2 aromatic rings. The van der Waals surface area contributed by atoms with Crippen LogP contribution in [0.2, 0.25) is 0 Å². The maximum absolute atomic E-state index is 13.5. The molecule has 3 rings (SSSR count). The highest BCUT2D eigenvalue weighted by molar-refractivity contribution is 5.78. The van der Waals surface area contributed by atoms with E-state index in [0.29, 0.717) is 31.4 Å². The van der Waals surface area contributed by atoms with Crippen molar-refractivity contribution in [1.82, 2.24) is 15.0 Å². The number of alkyl halides is 9. The minimum Gasteiger partial charge on any atom is -0.368 e. The Morgan fingerprint density at radius 1 is 0.868 bits per heavy atom. The van der Waals surface area contributed by atoms with Gasteiger partial charge in [0, 0.05) is 45.0 Å². The van der Waals surface area contributed by atoms with E-state index in [-0.39, 0.29) is 17.4 Å². The van der Waals surface area contributed by atoms with E-state index in [1.165, 1.54) is 7.05 Å². The number of halogens is 9. The molecule has 1 aromatic carbocycles. The van der Waals surface area contributed by atoms with Gasteiger partial charge in [0.1, 0.15) is 5.82 Å². The topological polar surface area (TPSA) is 87.0 Å². The van der Waals surface area contributed by atoms with Crippen LogP contribution in [0.15, 0.2) is 35.6 Å². The highest BCUT2D eigenvalue weighted by atomic mass is 19.4. The smallest absolute Gasteiger partial charge is 0.368 e. The molecule has 0 amide bonds. The normalized spacial score (nSPS) is 15.2. The maximum Gasteiger partial charge on any atom is 0.417 e. The fourth-order valence-corrected chi connectivity index (χ4v) is 3.97. The number of nitrogens with two attached hydrogens (primary N) is 2. The quantitative estimate of drug-likeness (QED) is 0.175. The van der Waals surface area contributed by atoms with E-state index in [1.807, 2.05) is 0 Å². The number of aromatic nitrogens is 1. The summed E-state index contributed by atoms with van der Waals surface area (Å²) in [7, 11) is 1.25. The summed E-state index contributed by atoms with van der Waals surface area (Å²) in [6, 6.07) is 1.81. The third-order valence-electron chi connectivity index (χ3n) is 5.64. The summed E-state index contributed by atoms with van der Waals surface area (Å²) in [5.41, 5.74) is 1.31. The predicted octanol–water partition coefficient (Wildman–Crippen LogP) is 4.78. The van der Waals surface area contributed by atoms with Crippen LogP contribution < -0.4 is 16.5 Å². The van der Waals surface area contributed by atoms with Gasteiger partial charge in [-0.3, -0.25) is 0 Å². The lowest BCUT2D eigenvalue weighted by molar-refractivity contribution is -0.143. The van der Waals surface area contributed by atoms with Gasteiger partial charge in [0.05, 0.1) is 16.7 Å². The Labute approximate surface area is 211 Å². The number of anilines is 1. The Bertz CT molecular complexity index is 1120. The van der Waals surface area contributed by atoms with Gasteiger partial charge in [0.15, 0.2) is 0 Å². The third kappa shape index (κ3) is 7.33. The van der Waals surface area contributed by atoms with Gasteiger partial charge in [-0.1, -0.05) is 0 Å². The largest absolute Gasteiger partial charge is 0.417 e. The fourth-order valence-electron chi connectivity index (χ4n) is 3.97. The van der Waals surface area contributed by atoms with E-state index < -0.39 is 59.8 Å². The van der Waals surface area contributed by atoms with Crippen molar-refractivity contribution in [2.45, 2.75) is 44.5 Å². The third-order valence-corrected chi connectivity index (χ3v) is 5.64. The van der Waals surface area contributed by atoms with Crippen LogP contribution in [0, 0.1) is 0 Å². The van der Waals surface area contributed by atoms with Gasteiger partial charge in [-0.25, -0.2) is 15.9 Å². The molecule has 1 fully saturated rings. The SMILES string of the molecule is CN(N)/N=C(\N)N(Cc1cc(C(F)(F)F)cc(C(F)(F)F)c1)Cc1cc(C(F)(F)F)cnc1N1CCCC1. The van der Waals surface area contributed by atoms with E-state index in [2.05, 4.69) is 10.1 Å². The Morgan fingerprint density at radius 2 is 1.39 bits per heavy atom. The van der Waals surface area contributed by atoms with Crippen LogP contribution in [-0.4, -0.2) is 41.1 Å². The molecule has 4 N–H and O–H groups in total. The number of hydrogen-bond donors (Lipinski definition) is 2. The van der Waals surface area contributed by atoms with E-state index >= 15 is 0 Å². The number of hydrazone groups is 1. The molecule has 210 valence electrons. The first-order valence-corrected chi connectivity index (χ1v) is 11.1. The lowest BCUT2D eigenvalue weighted by Crippen LogP contribution is -2.39. The number of rotatable bonds is 6. The molecule has 1 aliphatic rings. The van der Waals surface area contributed by atoms with Crippen LogP contribution >= 0.6 is 0 Å². The molecule has 0 atom stereocenters. The highest BCUT2D eigenvalue weighted by Gasteiger charge is 2.37. The van der Waals surface area contributed by atoms with Crippen LogP contribution in [0.4, 0.5) is 45.3 Å². The first-order valence-electron chi connectivity index (χ1n) is 11.1. The van der Waals surface area contributed by atoms with Crippen LogP contribution in [-0.2, 0) is 31.6 Å². The Hall–Kier alpha value is -3.43. The van der Waals surface area contributed by atoms with Gasteiger partial charge in [-0.05, 0) is 42.7 Å². The van der Waals surface area contributed by atoms with Crippen molar-refractivity contribution < 1.29 is 39.5 Å². The monoisotopic (exact) mass is 557 g/mol. The Balaban J connectivity index is 2.10. The molecular weight excluding hydrogens is 533 g/mol. The van der Waals surface area contributed by atoms with Crippen molar-refractivity contribution in [3.8, 4) is 0 Å². The molecule has 0 aliphatic carbocycles. The first kappa shape index (κ1) is 29.1. The summed E-state index contributed by atoms with van der Waals surface area (Å²) >= 11 is 0. The summed E-state index contributed by atoms with van der Waals surface area (Å²) in [4.78, 5) is 6.73. The minimum atomic E-state index is -5.09. The second-order valence-electron chi connectivity index (χ2n) is 8.70. The van der Waals surface area contributed by atoms with Crippen molar-refractivity contribution in [1.29, 1.82) is 0 Å². The summed E-state index contributed by atoms with van der Waals surface area (Å²) in [6.45, 7) is -0.124. The summed E-state index contributed by atoms with van der Waals surface area (Å²) in [6.07, 6.45) is -12.8. The van der Waals surface area contributed by atoms with Crippen LogP contribution in [0.5, 0.6) is 0 Å². The molecule has 16 heteroatoms. The number of hydrogen-bond acceptors (Lipinski definition) is 5. The molecule has 0 spiro atoms. The van der Waals surface area contributed by atoms with Gasteiger partial charge in [-0.15, -0.1) is 5.10 Å². The van der Waals surface area contributed by atoms with E-state index in [1.54, 1.807) is 4.90 Å². The average molecular weight is 557 g/mol. The summed E-state index contributed by atoms with van der Waals surface area (Å²) in [5, 5.41) is 4.48. The molecule has 0 radical (unpaired) electrons. The molecule has 1 aliphatic heterocycles. The maximum atomic E-state index is 13.5. The standard InChI is InChI=1S/C22H24F9N7/c1-36(33)35-19(32)38(11-13-6-15(20(23,24)25)9-16(7-13)21(26,27)28)12-14-8-17(22(29,30)31)10-34-18(14)37-4-2-3-5-37/h6-10H,2-5,11-12,33H2,1H3,(H2,32,35). The molecular formula is C22H24F9N7. The van der Waals surface area contributed by atoms with E-state index in [4.69, 9.17) is 11.6 Å². The van der Waals surface area contributed by atoms with Crippen molar-refractivity contribution in [3.05, 3.63) is 58.3 Å².